The first kappa shape index (κ1) is 17.8. The van der Waals surface area contributed by atoms with Crippen LogP contribution in [-0.4, -0.2) is 27.9 Å². The van der Waals surface area contributed by atoms with Gasteiger partial charge < -0.3 is 11.1 Å². The van der Waals surface area contributed by atoms with Gasteiger partial charge in [-0.05, 0) is 32.0 Å². The first-order chi connectivity index (χ1) is 12.4. The van der Waals surface area contributed by atoms with E-state index in [1.165, 1.54) is 0 Å². The molecule has 1 aromatic carbocycles. The predicted octanol–water partition coefficient (Wildman–Crippen LogP) is 3.42. The molecule has 132 valence electrons. The zero-order valence-corrected chi connectivity index (χ0v) is 15.4. The summed E-state index contributed by atoms with van der Waals surface area (Å²) in [6, 6.07) is 9.06. The maximum absolute atomic E-state index is 11.9. The zero-order chi connectivity index (χ0) is 18.8. The number of halogens is 1. The molecular weight excluding hydrogens is 350 g/mol. The molecule has 2 heterocycles. The highest BCUT2D eigenvalue weighted by atomic mass is 35.5. The van der Waals surface area contributed by atoms with E-state index >= 15 is 0 Å². The lowest BCUT2D eigenvalue weighted by atomic mass is 9.98. The zero-order valence-electron chi connectivity index (χ0n) is 14.7. The van der Waals surface area contributed by atoms with Gasteiger partial charge in [-0.25, -0.2) is 9.97 Å². The van der Waals surface area contributed by atoms with E-state index in [1.54, 1.807) is 31.4 Å². The molecule has 0 saturated heterocycles. The van der Waals surface area contributed by atoms with Crippen LogP contribution in [0.5, 0.6) is 0 Å². The Labute approximate surface area is 156 Å². The van der Waals surface area contributed by atoms with Gasteiger partial charge in [-0.2, -0.15) is 0 Å². The first-order valence-corrected chi connectivity index (χ1v) is 8.37. The van der Waals surface area contributed by atoms with Gasteiger partial charge in [0.2, 0.25) is 5.95 Å². The largest absolute Gasteiger partial charge is 0.368 e. The van der Waals surface area contributed by atoms with Crippen molar-refractivity contribution in [1.29, 1.82) is 0 Å². The molecule has 2 aromatic heterocycles. The number of anilines is 1. The number of nitrogens with zero attached hydrogens (tertiary/aromatic N) is 3. The fraction of sp³-hybridized carbons (Fsp3) is 0.158. The summed E-state index contributed by atoms with van der Waals surface area (Å²) >= 11 is 6.30. The number of nitrogen functional groups attached to an aromatic ring is 1. The minimum absolute atomic E-state index is 0.174. The monoisotopic (exact) mass is 367 g/mol. The summed E-state index contributed by atoms with van der Waals surface area (Å²) in [7, 11) is 1.56. The van der Waals surface area contributed by atoms with Gasteiger partial charge in [0.05, 0.1) is 22.0 Å². The van der Waals surface area contributed by atoms with Crippen LogP contribution in [0, 0.1) is 13.8 Å². The summed E-state index contributed by atoms with van der Waals surface area (Å²) in [5.74, 6) is -0.0734. The van der Waals surface area contributed by atoms with Gasteiger partial charge in [-0.3, -0.25) is 9.78 Å². The molecule has 0 bridgehead atoms. The van der Waals surface area contributed by atoms with Crippen molar-refractivity contribution in [3.63, 3.8) is 0 Å². The molecule has 26 heavy (non-hydrogen) atoms. The Morgan fingerprint density at radius 1 is 1.12 bits per heavy atom. The highest BCUT2D eigenvalue weighted by Crippen LogP contribution is 2.34. The number of aryl methyl sites for hydroxylation is 2. The van der Waals surface area contributed by atoms with Crippen LogP contribution in [0.25, 0.3) is 22.4 Å². The second-order valence-corrected chi connectivity index (χ2v) is 6.26. The molecule has 3 N–H and O–H groups in total. The number of amides is 1. The van der Waals surface area contributed by atoms with Crippen LogP contribution in [-0.2, 0) is 0 Å². The van der Waals surface area contributed by atoms with Gasteiger partial charge in [0.25, 0.3) is 5.91 Å². The van der Waals surface area contributed by atoms with E-state index in [1.807, 2.05) is 26.0 Å². The summed E-state index contributed by atoms with van der Waals surface area (Å²) in [4.78, 5) is 24.9. The summed E-state index contributed by atoms with van der Waals surface area (Å²) in [5.41, 5.74) is 11.0. The minimum Gasteiger partial charge on any atom is -0.368 e. The Balaban J connectivity index is 2.20. The average molecular weight is 368 g/mol. The van der Waals surface area contributed by atoms with E-state index in [2.05, 4.69) is 20.3 Å². The summed E-state index contributed by atoms with van der Waals surface area (Å²) in [5, 5.41) is 2.90. The number of nitrogens with two attached hydrogens (primary N) is 1. The third kappa shape index (κ3) is 3.36. The molecule has 3 rings (SSSR count). The summed E-state index contributed by atoms with van der Waals surface area (Å²) < 4.78 is 0. The number of carbonyl (C=O) groups is 1. The van der Waals surface area contributed by atoms with Crippen LogP contribution in [0.2, 0.25) is 5.02 Å². The smallest absolute Gasteiger partial charge is 0.252 e. The van der Waals surface area contributed by atoms with Crippen molar-refractivity contribution < 1.29 is 4.79 Å². The van der Waals surface area contributed by atoms with Crippen LogP contribution in [0.1, 0.15) is 21.7 Å². The SMILES string of the molecule is CNC(=O)c1ccc(-c2nc(N)nc(C)c2-c2ccc(C)nc2)cc1Cl. The van der Waals surface area contributed by atoms with E-state index in [4.69, 9.17) is 17.3 Å². The Hall–Kier alpha value is -2.99. The Morgan fingerprint density at radius 3 is 2.46 bits per heavy atom. The molecule has 7 heteroatoms. The van der Waals surface area contributed by atoms with E-state index in [-0.39, 0.29) is 11.9 Å². The maximum atomic E-state index is 11.9. The number of carbonyl (C=O) groups excluding carboxylic acids is 1. The molecule has 0 saturated carbocycles. The number of hydrogen-bond donors (Lipinski definition) is 2. The van der Waals surface area contributed by atoms with Crippen LogP contribution in [0.15, 0.2) is 36.5 Å². The average Bonchev–Trinajstić information content (AvgIpc) is 2.61. The lowest BCUT2D eigenvalue weighted by molar-refractivity contribution is 0.0963. The lowest BCUT2D eigenvalue weighted by Gasteiger charge is -2.14. The number of aromatic nitrogens is 3. The highest BCUT2D eigenvalue weighted by molar-refractivity contribution is 6.34. The highest BCUT2D eigenvalue weighted by Gasteiger charge is 2.17. The molecule has 0 radical (unpaired) electrons. The number of pyridine rings is 1. The molecule has 0 spiro atoms. The number of nitrogens with one attached hydrogen (secondary N) is 1. The number of rotatable bonds is 3. The van der Waals surface area contributed by atoms with Gasteiger partial charge in [-0.1, -0.05) is 23.7 Å². The number of benzene rings is 1. The second-order valence-electron chi connectivity index (χ2n) is 5.85. The first-order valence-electron chi connectivity index (χ1n) is 8.00. The van der Waals surface area contributed by atoms with Crippen molar-refractivity contribution in [3.05, 3.63) is 58.5 Å². The van der Waals surface area contributed by atoms with Crippen molar-refractivity contribution in [2.24, 2.45) is 0 Å². The van der Waals surface area contributed by atoms with Crippen molar-refractivity contribution in [1.82, 2.24) is 20.3 Å². The third-order valence-electron chi connectivity index (χ3n) is 4.02. The van der Waals surface area contributed by atoms with E-state index in [0.29, 0.717) is 16.3 Å². The molecule has 3 aromatic rings. The molecule has 0 atom stereocenters. The molecule has 0 unspecified atom stereocenters. The minimum atomic E-state index is -0.247. The van der Waals surface area contributed by atoms with Crippen LogP contribution >= 0.6 is 11.6 Å². The molecule has 0 aliphatic heterocycles. The molecule has 0 aliphatic rings. The number of hydrogen-bond acceptors (Lipinski definition) is 5. The third-order valence-corrected chi connectivity index (χ3v) is 4.33. The maximum Gasteiger partial charge on any atom is 0.252 e. The van der Waals surface area contributed by atoms with Gasteiger partial charge in [-0.15, -0.1) is 0 Å². The fourth-order valence-electron chi connectivity index (χ4n) is 2.75. The van der Waals surface area contributed by atoms with Gasteiger partial charge in [0, 0.05) is 35.6 Å². The topological polar surface area (TPSA) is 93.8 Å². The Bertz CT molecular complexity index is 986. The van der Waals surface area contributed by atoms with Gasteiger partial charge in [0.15, 0.2) is 0 Å². The quantitative estimate of drug-likeness (QED) is 0.739. The Morgan fingerprint density at radius 2 is 1.85 bits per heavy atom. The molecule has 6 nitrogen and oxygen atoms in total. The van der Waals surface area contributed by atoms with Crippen molar-refractivity contribution >= 4 is 23.5 Å². The fourth-order valence-corrected chi connectivity index (χ4v) is 3.01. The summed E-state index contributed by atoms with van der Waals surface area (Å²) in [6.45, 7) is 3.80. The van der Waals surface area contributed by atoms with Gasteiger partial charge in [0.1, 0.15) is 0 Å². The van der Waals surface area contributed by atoms with Crippen molar-refractivity contribution in [3.8, 4) is 22.4 Å². The molecule has 1 amide bonds. The lowest BCUT2D eigenvalue weighted by Crippen LogP contribution is -2.18. The molecule has 0 fully saturated rings. The van der Waals surface area contributed by atoms with E-state index in [0.717, 1.165) is 28.1 Å². The second kappa shape index (κ2) is 7.09. The summed E-state index contributed by atoms with van der Waals surface area (Å²) in [6.07, 6.45) is 1.78. The standard InChI is InChI=1S/C19H18ClN5O/c1-10-4-5-13(9-23-10)16-11(2)24-19(21)25-17(16)12-6-7-14(15(20)8-12)18(26)22-3/h4-9H,1-3H3,(H,22,26)(H2,21,24,25). The molecular formula is C19H18ClN5O. The van der Waals surface area contributed by atoms with Crippen molar-refractivity contribution in [2.45, 2.75) is 13.8 Å². The molecule has 0 aliphatic carbocycles. The predicted molar refractivity (Wildman–Crippen MR) is 103 cm³/mol. The Kier molecular flexibility index (Phi) is 4.86. The van der Waals surface area contributed by atoms with Crippen molar-refractivity contribution in [2.75, 3.05) is 12.8 Å². The van der Waals surface area contributed by atoms with Crippen LogP contribution < -0.4 is 11.1 Å². The van der Waals surface area contributed by atoms with E-state index in [9.17, 15) is 4.79 Å². The van der Waals surface area contributed by atoms with Crippen LogP contribution in [0.4, 0.5) is 5.95 Å². The normalized spacial score (nSPS) is 10.6. The van der Waals surface area contributed by atoms with Gasteiger partial charge >= 0.3 is 0 Å². The van der Waals surface area contributed by atoms with Crippen LogP contribution in [0.3, 0.4) is 0 Å². The van der Waals surface area contributed by atoms with E-state index < -0.39 is 0 Å².